The number of hydrogen-bond acceptors (Lipinski definition) is 0. The molecule has 0 nitrogen and oxygen atoms in total. The smallest absolute Gasteiger partial charge is 0.0181 e. The zero-order chi connectivity index (χ0) is 27.2. The molecule has 0 aliphatic heterocycles. The van der Waals surface area contributed by atoms with Crippen molar-refractivity contribution < 1.29 is 0 Å². The van der Waals surface area contributed by atoms with Crippen LogP contribution >= 0.6 is 0 Å². The van der Waals surface area contributed by atoms with Crippen molar-refractivity contribution in [2.45, 2.75) is 75.2 Å². The van der Waals surface area contributed by atoms with Crippen LogP contribution in [0.3, 0.4) is 0 Å². The summed E-state index contributed by atoms with van der Waals surface area (Å²) in [6, 6.07) is 21.3. The quantitative estimate of drug-likeness (QED) is 0.332. The first-order valence-electron chi connectivity index (χ1n) is 12.8. The number of allylic oxidation sites excluding steroid dienone is 3. The van der Waals surface area contributed by atoms with E-state index in [4.69, 9.17) is 0 Å². The van der Waals surface area contributed by atoms with Gasteiger partial charge in [-0.05, 0) is 69.4 Å². The largest absolute Gasteiger partial charge is 0.100 e. The Morgan fingerprint density at radius 1 is 0.714 bits per heavy atom. The fraction of sp³-hybridized carbons (Fsp3) is 0.314. The second-order valence-corrected chi connectivity index (χ2v) is 8.31. The normalized spacial score (nSPS) is 9.17. The van der Waals surface area contributed by atoms with Crippen LogP contribution in [0.1, 0.15) is 83.6 Å². The molecule has 0 radical (unpaired) electrons. The van der Waals surface area contributed by atoms with Gasteiger partial charge in [0.25, 0.3) is 0 Å². The minimum atomic E-state index is 1.11. The molecule has 0 fully saturated rings. The molecule has 0 aliphatic rings. The summed E-state index contributed by atoms with van der Waals surface area (Å²) in [6.45, 7) is 29.6. The van der Waals surface area contributed by atoms with E-state index in [0.29, 0.717) is 0 Å². The van der Waals surface area contributed by atoms with Crippen molar-refractivity contribution in [3.05, 3.63) is 120 Å². The molecule has 0 aromatic heterocycles. The Morgan fingerprint density at radius 2 is 1.17 bits per heavy atom. The maximum Gasteiger partial charge on any atom is -0.0181 e. The van der Waals surface area contributed by atoms with Crippen LogP contribution in [0.5, 0.6) is 0 Å². The van der Waals surface area contributed by atoms with Crippen molar-refractivity contribution >= 4 is 22.9 Å². The molecule has 3 aromatic rings. The molecule has 0 heteroatoms. The molecular weight excluding hydrogens is 420 g/mol. The first-order valence-corrected chi connectivity index (χ1v) is 12.8. The van der Waals surface area contributed by atoms with Gasteiger partial charge in [-0.2, -0.15) is 0 Å². The van der Waals surface area contributed by atoms with E-state index < -0.39 is 0 Å². The van der Waals surface area contributed by atoms with Crippen molar-refractivity contribution in [2.24, 2.45) is 0 Å². The highest BCUT2D eigenvalue weighted by Gasteiger charge is 1.94. The minimum absolute atomic E-state index is 1.11. The van der Waals surface area contributed by atoms with Gasteiger partial charge in [0.05, 0.1) is 0 Å². The Labute approximate surface area is 217 Å². The Bertz CT molecular complexity index is 1020. The van der Waals surface area contributed by atoms with Gasteiger partial charge < -0.3 is 0 Å². The van der Waals surface area contributed by atoms with E-state index in [-0.39, 0.29) is 0 Å². The highest BCUT2D eigenvalue weighted by Crippen LogP contribution is 2.15. The summed E-state index contributed by atoms with van der Waals surface area (Å²) in [4.78, 5) is 0. The molecule has 190 valence electrons. The number of rotatable bonds is 4. The Morgan fingerprint density at radius 3 is 1.63 bits per heavy atom. The van der Waals surface area contributed by atoms with Crippen LogP contribution in [0.4, 0.5) is 0 Å². The molecule has 0 bridgehead atoms. The van der Waals surface area contributed by atoms with Crippen LogP contribution < -0.4 is 0 Å². The molecule has 0 spiro atoms. The summed E-state index contributed by atoms with van der Waals surface area (Å²) < 4.78 is 0. The molecule has 3 aromatic carbocycles. The highest BCUT2D eigenvalue weighted by atomic mass is 14.0. The summed E-state index contributed by atoms with van der Waals surface area (Å²) in [7, 11) is 0. The van der Waals surface area contributed by atoms with E-state index in [1.54, 1.807) is 0 Å². The topological polar surface area (TPSA) is 0 Å². The third-order valence-electron chi connectivity index (χ3n) is 4.92. The van der Waals surface area contributed by atoms with Gasteiger partial charge in [0.1, 0.15) is 0 Å². The lowest BCUT2D eigenvalue weighted by Gasteiger charge is -2.01. The SMILES string of the molecule is C=C(C)CC.C=C(C)CC.C=Cc1ccc(C)cc1/C=C\C.CC.Cc1ccc2ccccc2c1. The van der Waals surface area contributed by atoms with Crippen LogP contribution in [0.2, 0.25) is 0 Å². The molecule has 0 unspecified atom stereocenters. The average molecular weight is 471 g/mol. The molecule has 3 rings (SSSR count). The van der Waals surface area contributed by atoms with Gasteiger partial charge in [0.2, 0.25) is 0 Å². The number of benzene rings is 3. The second kappa shape index (κ2) is 21.4. The fourth-order valence-corrected chi connectivity index (χ4v) is 2.51. The van der Waals surface area contributed by atoms with Gasteiger partial charge in [0, 0.05) is 0 Å². The molecule has 0 atom stereocenters. The van der Waals surface area contributed by atoms with Gasteiger partial charge in [-0.1, -0.05) is 135 Å². The van der Waals surface area contributed by atoms with Gasteiger partial charge in [-0.25, -0.2) is 0 Å². The van der Waals surface area contributed by atoms with Crippen molar-refractivity contribution in [1.29, 1.82) is 0 Å². The first kappa shape index (κ1) is 34.0. The van der Waals surface area contributed by atoms with E-state index in [0.717, 1.165) is 12.8 Å². The van der Waals surface area contributed by atoms with E-state index in [1.165, 1.54) is 44.2 Å². The Kier molecular flexibility index (Phi) is 20.8. The first-order chi connectivity index (χ1) is 16.7. The van der Waals surface area contributed by atoms with Gasteiger partial charge in [0.15, 0.2) is 0 Å². The highest BCUT2D eigenvalue weighted by molar-refractivity contribution is 5.82. The van der Waals surface area contributed by atoms with Crippen molar-refractivity contribution in [3.63, 3.8) is 0 Å². The molecule has 0 saturated carbocycles. The van der Waals surface area contributed by atoms with Crippen LogP contribution in [0.15, 0.2) is 97.6 Å². The summed E-state index contributed by atoms with van der Waals surface area (Å²) in [5.74, 6) is 0. The zero-order valence-electron chi connectivity index (χ0n) is 24.0. The van der Waals surface area contributed by atoms with Crippen molar-refractivity contribution in [2.75, 3.05) is 0 Å². The standard InChI is InChI=1S/C12H14.C11H10.2C5H10.C2H6/c1-4-6-12-9-10(3)7-8-11(12)5-2;1-9-6-7-10-4-2-3-5-11(10)8-9;2*1-4-5(2)3;1-2/h4-9H,2H2,1,3H3;2-8H,1H3;2*2,4H2,1,3H3;1-2H3/b6-4-;;;;. The fourth-order valence-electron chi connectivity index (χ4n) is 2.51. The van der Waals surface area contributed by atoms with Crippen molar-refractivity contribution in [3.8, 4) is 0 Å². The Balaban J connectivity index is 0. The van der Waals surface area contributed by atoms with Crippen LogP contribution in [0.25, 0.3) is 22.9 Å². The maximum absolute atomic E-state index is 3.77. The third-order valence-corrected chi connectivity index (χ3v) is 4.92. The van der Waals surface area contributed by atoms with E-state index in [1.807, 2.05) is 46.8 Å². The average Bonchev–Trinajstić information content (AvgIpc) is 2.86. The second-order valence-electron chi connectivity index (χ2n) is 8.31. The molecule has 0 N–H and O–H groups in total. The minimum Gasteiger partial charge on any atom is -0.100 e. The van der Waals surface area contributed by atoms with Crippen molar-refractivity contribution in [1.82, 2.24) is 0 Å². The van der Waals surface area contributed by atoms with E-state index >= 15 is 0 Å². The van der Waals surface area contributed by atoms with Gasteiger partial charge >= 0.3 is 0 Å². The summed E-state index contributed by atoms with van der Waals surface area (Å²) >= 11 is 0. The number of hydrogen-bond donors (Lipinski definition) is 0. The lowest BCUT2D eigenvalue weighted by Crippen LogP contribution is -1.81. The Hall–Kier alpha value is -3.12. The summed E-state index contributed by atoms with van der Waals surface area (Å²) in [5.41, 5.74) is 7.55. The maximum atomic E-state index is 3.77. The van der Waals surface area contributed by atoms with E-state index in [2.05, 4.69) is 114 Å². The number of fused-ring (bicyclic) bond motifs is 1. The number of aryl methyl sites for hydroxylation is 2. The van der Waals surface area contributed by atoms with Crippen LogP contribution in [-0.2, 0) is 0 Å². The van der Waals surface area contributed by atoms with Crippen LogP contribution in [-0.4, -0.2) is 0 Å². The predicted octanol–water partition coefficient (Wildman–Crippen LogP) is 11.8. The van der Waals surface area contributed by atoms with E-state index in [9.17, 15) is 0 Å². The third kappa shape index (κ3) is 17.0. The molecule has 35 heavy (non-hydrogen) atoms. The van der Waals surface area contributed by atoms with Crippen LogP contribution in [0, 0.1) is 13.8 Å². The molecule has 0 heterocycles. The summed E-state index contributed by atoms with van der Waals surface area (Å²) in [5, 5.41) is 2.64. The summed E-state index contributed by atoms with van der Waals surface area (Å²) in [6.07, 6.45) is 8.25. The lowest BCUT2D eigenvalue weighted by molar-refractivity contribution is 1.11. The van der Waals surface area contributed by atoms with Gasteiger partial charge in [-0.3, -0.25) is 0 Å². The lowest BCUT2D eigenvalue weighted by atomic mass is 10.0. The molecular formula is C35H50. The molecule has 0 saturated heterocycles. The molecule has 0 amide bonds. The predicted molar refractivity (Wildman–Crippen MR) is 166 cm³/mol. The molecule has 0 aliphatic carbocycles. The zero-order valence-corrected chi connectivity index (χ0v) is 24.0. The van der Waals surface area contributed by atoms with Gasteiger partial charge in [-0.15, -0.1) is 13.2 Å². The monoisotopic (exact) mass is 470 g/mol.